The number of aliphatic hydroxyl groups excluding tert-OH is 1. The van der Waals surface area contributed by atoms with Gasteiger partial charge in [-0.15, -0.1) is 0 Å². The average Bonchev–Trinajstić information content (AvgIpc) is 2.33. The summed E-state index contributed by atoms with van der Waals surface area (Å²) in [6.07, 6.45) is 10.5. The van der Waals surface area contributed by atoms with Gasteiger partial charge in [-0.1, -0.05) is 19.3 Å². The fourth-order valence-corrected chi connectivity index (χ4v) is 2.96. The molecule has 2 aliphatic carbocycles. The van der Waals surface area contributed by atoms with Gasteiger partial charge in [0, 0.05) is 0 Å². The van der Waals surface area contributed by atoms with Crippen molar-refractivity contribution < 1.29 is 14.6 Å². The molecule has 2 rings (SSSR count). The Morgan fingerprint density at radius 1 is 0.824 bits per heavy atom. The first kappa shape index (κ1) is 13.3. The smallest absolute Gasteiger partial charge is 0.155 e. The normalized spacial score (nSPS) is 33.5. The number of ether oxygens (including phenoxy) is 2. The Kier molecular flexibility index (Phi) is 5.26. The summed E-state index contributed by atoms with van der Waals surface area (Å²) in [5.74, 6) is 0. The van der Waals surface area contributed by atoms with Crippen molar-refractivity contribution in [2.24, 2.45) is 0 Å². The molecule has 0 bridgehead atoms. The van der Waals surface area contributed by atoms with Crippen LogP contribution in [-0.4, -0.2) is 29.7 Å². The highest BCUT2D eigenvalue weighted by Crippen LogP contribution is 2.25. The quantitative estimate of drug-likeness (QED) is 0.770. The molecule has 0 amide bonds. The molecule has 2 saturated carbocycles. The van der Waals surface area contributed by atoms with E-state index in [0.29, 0.717) is 6.10 Å². The van der Waals surface area contributed by atoms with Gasteiger partial charge in [0.15, 0.2) is 6.29 Å². The van der Waals surface area contributed by atoms with Gasteiger partial charge in [0.05, 0.1) is 18.3 Å². The molecule has 2 aliphatic rings. The summed E-state index contributed by atoms with van der Waals surface area (Å²) >= 11 is 0. The highest BCUT2D eigenvalue weighted by molar-refractivity contribution is 4.72. The molecule has 0 aliphatic heterocycles. The van der Waals surface area contributed by atoms with Crippen molar-refractivity contribution in [1.29, 1.82) is 0 Å². The first-order valence-electron chi connectivity index (χ1n) is 7.23. The molecule has 2 fully saturated rings. The van der Waals surface area contributed by atoms with Crippen molar-refractivity contribution in [3.63, 3.8) is 0 Å². The molecular formula is C14H26O3. The van der Waals surface area contributed by atoms with Gasteiger partial charge in [-0.25, -0.2) is 0 Å². The monoisotopic (exact) mass is 242 g/mol. The van der Waals surface area contributed by atoms with Crippen LogP contribution in [0, 0.1) is 0 Å². The third kappa shape index (κ3) is 4.57. The molecule has 0 spiro atoms. The first-order valence-corrected chi connectivity index (χ1v) is 7.23. The molecular weight excluding hydrogens is 216 g/mol. The maximum Gasteiger partial charge on any atom is 0.155 e. The van der Waals surface area contributed by atoms with Crippen molar-refractivity contribution in [3.8, 4) is 0 Å². The minimum absolute atomic E-state index is 0.0849. The van der Waals surface area contributed by atoms with Gasteiger partial charge in [-0.05, 0) is 45.4 Å². The molecule has 0 aromatic heterocycles. The summed E-state index contributed by atoms with van der Waals surface area (Å²) in [6.45, 7) is 2.01. The second-order valence-electron chi connectivity index (χ2n) is 5.53. The second kappa shape index (κ2) is 6.72. The Morgan fingerprint density at radius 3 is 1.94 bits per heavy atom. The lowest BCUT2D eigenvalue weighted by atomic mass is 9.95. The number of aliphatic hydroxyl groups is 1. The highest BCUT2D eigenvalue weighted by atomic mass is 16.7. The summed E-state index contributed by atoms with van der Waals surface area (Å²) in [5.41, 5.74) is 0. The molecule has 1 atom stereocenters. The lowest BCUT2D eigenvalue weighted by Crippen LogP contribution is -2.31. The summed E-state index contributed by atoms with van der Waals surface area (Å²) in [4.78, 5) is 0. The minimum atomic E-state index is -0.107. The van der Waals surface area contributed by atoms with Crippen molar-refractivity contribution in [2.75, 3.05) is 0 Å². The Morgan fingerprint density at radius 2 is 1.35 bits per heavy atom. The predicted octanol–water partition coefficient (Wildman–Crippen LogP) is 3.00. The molecule has 17 heavy (non-hydrogen) atoms. The predicted molar refractivity (Wildman–Crippen MR) is 66.8 cm³/mol. The number of hydrogen-bond acceptors (Lipinski definition) is 3. The van der Waals surface area contributed by atoms with E-state index in [9.17, 15) is 5.11 Å². The van der Waals surface area contributed by atoms with Crippen LogP contribution in [-0.2, 0) is 9.47 Å². The maximum atomic E-state index is 9.44. The zero-order chi connectivity index (χ0) is 12.1. The van der Waals surface area contributed by atoms with E-state index in [-0.39, 0.29) is 18.5 Å². The number of rotatable bonds is 4. The van der Waals surface area contributed by atoms with E-state index in [2.05, 4.69) is 0 Å². The Bertz CT molecular complexity index is 206. The molecule has 0 saturated heterocycles. The highest BCUT2D eigenvalue weighted by Gasteiger charge is 2.23. The van der Waals surface area contributed by atoms with E-state index in [1.165, 1.54) is 32.1 Å². The Hall–Kier alpha value is -0.120. The van der Waals surface area contributed by atoms with E-state index in [4.69, 9.17) is 9.47 Å². The zero-order valence-electron chi connectivity index (χ0n) is 10.9. The Balaban J connectivity index is 1.64. The first-order chi connectivity index (χ1) is 8.24. The molecule has 0 aromatic rings. The molecule has 0 heterocycles. The SMILES string of the molecule is CC(OC1CCCCC1)OC1CCC(O)CC1. The van der Waals surface area contributed by atoms with Crippen LogP contribution in [0.3, 0.4) is 0 Å². The van der Waals surface area contributed by atoms with E-state index in [1.807, 2.05) is 6.92 Å². The van der Waals surface area contributed by atoms with Gasteiger partial charge < -0.3 is 14.6 Å². The standard InChI is InChI=1S/C14H26O3/c1-11(16-13-5-3-2-4-6-13)17-14-9-7-12(15)8-10-14/h11-15H,2-10H2,1H3. The fraction of sp³-hybridized carbons (Fsp3) is 1.00. The van der Waals surface area contributed by atoms with E-state index >= 15 is 0 Å². The summed E-state index contributed by atoms with van der Waals surface area (Å²) in [7, 11) is 0. The van der Waals surface area contributed by atoms with Gasteiger partial charge in [-0.3, -0.25) is 0 Å². The van der Waals surface area contributed by atoms with Crippen molar-refractivity contribution in [2.45, 2.75) is 89.3 Å². The third-order valence-electron chi connectivity index (χ3n) is 3.96. The van der Waals surface area contributed by atoms with Crippen LogP contribution in [0.1, 0.15) is 64.7 Å². The van der Waals surface area contributed by atoms with Gasteiger partial charge in [-0.2, -0.15) is 0 Å². The summed E-state index contributed by atoms with van der Waals surface area (Å²) in [5, 5.41) is 9.44. The third-order valence-corrected chi connectivity index (χ3v) is 3.96. The van der Waals surface area contributed by atoms with Crippen LogP contribution in [0.2, 0.25) is 0 Å². The van der Waals surface area contributed by atoms with Crippen LogP contribution in [0.25, 0.3) is 0 Å². The molecule has 1 N–H and O–H groups in total. The van der Waals surface area contributed by atoms with Crippen molar-refractivity contribution in [3.05, 3.63) is 0 Å². The van der Waals surface area contributed by atoms with Crippen molar-refractivity contribution >= 4 is 0 Å². The molecule has 0 radical (unpaired) electrons. The molecule has 1 unspecified atom stereocenters. The van der Waals surface area contributed by atoms with E-state index < -0.39 is 0 Å². The van der Waals surface area contributed by atoms with E-state index in [1.54, 1.807) is 0 Å². The van der Waals surface area contributed by atoms with Gasteiger partial charge in [0.2, 0.25) is 0 Å². The Labute approximate surface area is 104 Å². The van der Waals surface area contributed by atoms with Gasteiger partial charge >= 0.3 is 0 Å². The van der Waals surface area contributed by atoms with Crippen LogP contribution < -0.4 is 0 Å². The number of hydrogen-bond donors (Lipinski definition) is 1. The van der Waals surface area contributed by atoms with Crippen molar-refractivity contribution in [1.82, 2.24) is 0 Å². The largest absolute Gasteiger partial charge is 0.393 e. The lowest BCUT2D eigenvalue weighted by Gasteiger charge is -2.31. The topological polar surface area (TPSA) is 38.7 Å². The molecule has 100 valence electrons. The second-order valence-corrected chi connectivity index (χ2v) is 5.53. The fourth-order valence-electron chi connectivity index (χ4n) is 2.96. The molecule has 3 nitrogen and oxygen atoms in total. The van der Waals surface area contributed by atoms with E-state index in [0.717, 1.165) is 25.7 Å². The lowest BCUT2D eigenvalue weighted by molar-refractivity contribution is -0.196. The van der Waals surface area contributed by atoms with Crippen LogP contribution in [0.15, 0.2) is 0 Å². The van der Waals surface area contributed by atoms with Gasteiger partial charge in [0.25, 0.3) is 0 Å². The molecule has 3 heteroatoms. The average molecular weight is 242 g/mol. The molecule has 0 aromatic carbocycles. The van der Waals surface area contributed by atoms with Crippen LogP contribution >= 0.6 is 0 Å². The van der Waals surface area contributed by atoms with Crippen LogP contribution in [0.4, 0.5) is 0 Å². The zero-order valence-corrected chi connectivity index (χ0v) is 10.9. The van der Waals surface area contributed by atoms with Crippen LogP contribution in [0.5, 0.6) is 0 Å². The minimum Gasteiger partial charge on any atom is -0.393 e. The van der Waals surface area contributed by atoms with Gasteiger partial charge in [0.1, 0.15) is 0 Å². The summed E-state index contributed by atoms with van der Waals surface area (Å²) < 4.78 is 11.8. The maximum absolute atomic E-state index is 9.44. The summed E-state index contributed by atoms with van der Waals surface area (Å²) in [6, 6.07) is 0.